The first-order valence-corrected chi connectivity index (χ1v) is 7.19. The number of nitrogens with one attached hydrogen (secondary N) is 2. The molecule has 1 saturated carbocycles. The molecule has 0 spiro atoms. The van der Waals surface area contributed by atoms with Gasteiger partial charge in [-0.25, -0.2) is 0 Å². The highest BCUT2D eigenvalue weighted by atomic mass is 79.9. The number of aryl methyl sites for hydroxylation is 1. The molecule has 5 heteroatoms. The van der Waals surface area contributed by atoms with Crippen LogP contribution in [0.2, 0.25) is 0 Å². The van der Waals surface area contributed by atoms with Crippen molar-refractivity contribution in [2.24, 2.45) is 0 Å². The van der Waals surface area contributed by atoms with Crippen LogP contribution in [0.25, 0.3) is 0 Å². The molecular formula is C14H17BrN2O2. The summed E-state index contributed by atoms with van der Waals surface area (Å²) in [5.74, 6) is -0.156. The van der Waals surface area contributed by atoms with Gasteiger partial charge >= 0.3 is 0 Å². The second-order valence-electron chi connectivity index (χ2n) is 4.83. The van der Waals surface area contributed by atoms with Crippen molar-refractivity contribution in [1.29, 1.82) is 0 Å². The second kappa shape index (κ2) is 6.19. The number of benzene rings is 1. The average molecular weight is 325 g/mol. The molecule has 1 fully saturated rings. The molecule has 19 heavy (non-hydrogen) atoms. The first kappa shape index (κ1) is 14.1. The Balaban J connectivity index is 1.78. The zero-order valence-corrected chi connectivity index (χ0v) is 12.4. The molecule has 2 amide bonds. The lowest BCUT2D eigenvalue weighted by molar-refractivity contribution is -0.121. The Hall–Kier alpha value is -1.36. The Morgan fingerprint density at radius 3 is 2.74 bits per heavy atom. The molecule has 0 unspecified atom stereocenters. The Morgan fingerprint density at radius 1 is 1.37 bits per heavy atom. The van der Waals surface area contributed by atoms with E-state index in [-0.39, 0.29) is 11.8 Å². The van der Waals surface area contributed by atoms with Gasteiger partial charge in [0.2, 0.25) is 5.91 Å². The molecule has 0 radical (unpaired) electrons. The second-order valence-corrected chi connectivity index (χ2v) is 5.69. The number of hydrogen-bond donors (Lipinski definition) is 2. The smallest absolute Gasteiger partial charge is 0.252 e. The van der Waals surface area contributed by atoms with Gasteiger partial charge in [0.1, 0.15) is 0 Å². The Kier molecular flexibility index (Phi) is 4.58. The number of carbonyl (C=O) groups is 2. The van der Waals surface area contributed by atoms with Crippen molar-refractivity contribution in [1.82, 2.24) is 10.6 Å². The van der Waals surface area contributed by atoms with E-state index in [4.69, 9.17) is 0 Å². The van der Waals surface area contributed by atoms with Crippen molar-refractivity contribution in [3.63, 3.8) is 0 Å². The number of hydrogen-bond acceptors (Lipinski definition) is 2. The minimum Gasteiger partial charge on any atom is -0.353 e. The van der Waals surface area contributed by atoms with E-state index in [1.165, 1.54) is 0 Å². The third-order valence-electron chi connectivity index (χ3n) is 2.95. The molecule has 1 aliphatic rings. The third-order valence-corrected chi connectivity index (χ3v) is 3.61. The zero-order chi connectivity index (χ0) is 13.8. The van der Waals surface area contributed by atoms with Crippen LogP contribution in [0.1, 0.15) is 35.2 Å². The maximum absolute atomic E-state index is 11.9. The van der Waals surface area contributed by atoms with E-state index >= 15 is 0 Å². The van der Waals surface area contributed by atoms with Gasteiger partial charge in [0.25, 0.3) is 5.91 Å². The zero-order valence-electron chi connectivity index (χ0n) is 10.8. The van der Waals surface area contributed by atoms with Gasteiger partial charge in [0.15, 0.2) is 0 Å². The fourth-order valence-corrected chi connectivity index (χ4v) is 2.39. The van der Waals surface area contributed by atoms with Crippen LogP contribution >= 0.6 is 15.9 Å². The molecule has 0 aliphatic heterocycles. The molecular weight excluding hydrogens is 308 g/mol. The van der Waals surface area contributed by atoms with Gasteiger partial charge in [0, 0.05) is 23.5 Å². The summed E-state index contributed by atoms with van der Waals surface area (Å²) in [6.07, 6.45) is 2.48. The van der Waals surface area contributed by atoms with Crippen molar-refractivity contribution in [3.8, 4) is 0 Å². The SMILES string of the molecule is Cc1ccc(C(=O)NCCC(=O)NC2CC2)c(Br)c1. The van der Waals surface area contributed by atoms with Crippen molar-refractivity contribution in [3.05, 3.63) is 33.8 Å². The van der Waals surface area contributed by atoms with E-state index in [0.29, 0.717) is 24.6 Å². The summed E-state index contributed by atoms with van der Waals surface area (Å²) in [6, 6.07) is 5.93. The van der Waals surface area contributed by atoms with Gasteiger partial charge in [-0.15, -0.1) is 0 Å². The molecule has 4 nitrogen and oxygen atoms in total. The lowest BCUT2D eigenvalue weighted by Crippen LogP contribution is -2.31. The van der Waals surface area contributed by atoms with Crippen LogP contribution in [0, 0.1) is 6.92 Å². The van der Waals surface area contributed by atoms with Crippen LogP contribution in [0.15, 0.2) is 22.7 Å². The van der Waals surface area contributed by atoms with E-state index in [0.717, 1.165) is 22.9 Å². The lowest BCUT2D eigenvalue weighted by atomic mass is 10.1. The highest BCUT2D eigenvalue weighted by Crippen LogP contribution is 2.19. The normalized spacial score (nSPS) is 14.0. The van der Waals surface area contributed by atoms with Crippen LogP contribution in [0.3, 0.4) is 0 Å². The van der Waals surface area contributed by atoms with E-state index in [1.807, 2.05) is 19.1 Å². The summed E-state index contributed by atoms with van der Waals surface area (Å²) < 4.78 is 0.771. The maximum Gasteiger partial charge on any atom is 0.252 e. The summed E-state index contributed by atoms with van der Waals surface area (Å²) in [5, 5.41) is 5.64. The predicted octanol–water partition coefficient (Wildman–Crippen LogP) is 2.16. The lowest BCUT2D eigenvalue weighted by Gasteiger charge is -2.07. The first-order valence-electron chi connectivity index (χ1n) is 6.40. The van der Waals surface area contributed by atoms with Gasteiger partial charge in [-0.1, -0.05) is 6.07 Å². The molecule has 102 valence electrons. The highest BCUT2D eigenvalue weighted by Gasteiger charge is 2.22. The van der Waals surface area contributed by atoms with E-state index < -0.39 is 0 Å². The summed E-state index contributed by atoms with van der Waals surface area (Å²) in [6.45, 7) is 2.33. The van der Waals surface area contributed by atoms with Crippen LogP contribution in [-0.2, 0) is 4.79 Å². The standard InChI is InChI=1S/C14H17BrN2O2/c1-9-2-5-11(12(15)8-9)14(19)16-7-6-13(18)17-10-3-4-10/h2,5,8,10H,3-4,6-7H2,1H3,(H,16,19)(H,17,18). The van der Waals surface area contributed by atoms with Crippen molar-refractivity contribution in [2.75, 3.05) is 6.54 Å². The van der Waals surface area contributed by atoms with Gasteiger partial charge in [-0.05, 0) is 53.4 Å². The molecule has 2 N–H and O–H groups in total. The van der Waals surface area contributed by atoms with Crippen molar-refractivity contribution in [2.45, 2.75) is 32.2 Å². The number of carbonyl (C=O) groups excluding carboxylic acids is 2. The highest BCUT2D eigenvalue weighted by molar-refractivity contribution is 9.10. The Morgan fingerprint density at radius 2 is 2.11 bits per heavy atom. The largest absolute Gasteiger partial charge is 0.353 e. The van der Waals surface area contributed by atoms with Gasteiger partial charge in [0.05, 0.1) is 5.56 Å². The fourth-order valence-electron chi connectivity index (χ4n) is 1.72. The third kappa shape index (κ3) is 4.35. The number of halogens is 1. The van der Waals surface area contributed by atoms with Crippen LogP contribution in [0.4, 0.5) is 0 Å². The molecule has 0 aromatic heterocycles. The molecule has 1 aliphatic carbocycles. The van der Waals surface area contributed by atoms with Crippen LogP contribution < -0.4 is 10.6 Å². The van der Waals surface area contributed by atoms with Gasteiger partial charge in [-0.3, -0.25) is 9.59 Å². The quantitative estimate of drug-likeness (QED) is 0.872. The monoisotopic (exact) mass is 324 g/mol. The topological polar surface area (TPSA) is 58.2 Å². The minimum atomic E-state index is -0.161. The van der Waals surface area contributed by atoms with E-state index in [1.54, 1.807) is 6.07 Å². The molecule has 2 rings (SSSR count). The Bertz CT molecular complexity index is 498. The molecule has 0 saturated heterocycles. The molecule has 0 bridgehead atoms. The molecule has 0 atom stereocenters. The average Bonchev–Trinajstić information content (AvgIpc) is 3.12. The van der Waals surface area contributed by atoms with E-state index in [9.17, 15) is 9.59 Å². The fraction of sp³-hybridized carbons (Fsp3) is 0.429. The van der Waals surface area contributed by atoms with Crippen LogP contribution in [0.5, 0.6) is 0 Å². The van der Waals surface area contributed by atoms with Crippen molar-refractivity contribution >= 4 is 27.7 Å². The van der Waals surface area contributed by atoms with Crippen molar-refractivity contribution < 1.29 is 9.59 Å². The molecule has 1 aromatic carbocycles. The number of rotatable bonds is 5. The Labute approximate surface area is 121 Å². The predicted molar refractivity (Wildman–Crippen MR) is 77.0 cm³/mol. The summed E-state index contributed by atoms with van der Waals surface area (Å²) in [4.78, 5) is 23.4. The molecule has 0 heterocycles. The minimum absolute atomic E-state index is 0.00534. The maximum atomic E-state index is 11.9. The summed E-state index contributed by atoms with van der Waals surface area (Å²) in [5.41, 5.74) is 1.68. The van der Waals surface area contributed by atoms with E-state index in [2.05, 4.69) is 26.6 Å². The van der Waals surface area contributed by atoms with Crippen LogP contribution in [-0.4, -0.2) is 24.4 Å². The van der Waals surface area contributed by atoms with Gasteiger partial charge < -0.3 is 10.6 Å². The van der Waals surface area contributed by atoms with Gasteiger partial charge in [-0.2, -0.15) is 0 Å². The molecule has 1 aromatic rings. The summed E-state index contributed by atoms with van der Waals surface area (Å²) >= 11 is 3.37. The summed E-state index contributed by atoms with van der Waals surface area (Å²) in [7, 11) is 0. The number of amides is 2. The first-order chi connectivity index (χ1) is 9.06.